The zero-order valence-corrected chi connectivity index (χ0v) is 14.0. The topological polar surface area (TPSA) is 57.0 Å². The highest BCUT2D eigenvalue weighted by Gasteiger charge is 2.14. The first-order valence-electron chi connectivity index (χ1n) is 6.89. The monoisotopic (exact) mass is 307 g/mol. The standard InChI is InChI=1S/C15H21N3O2S/c1-10-11-6-7-12(16-13(11)18(5)17-10)14(19)20-8-9-21-15(2,3)4/h6-7H,8-9H2,1-5H3. The molecule has 21 heavy (non-hydrogen) atoms. The third kappa shape index (κ3) is 3.97. The smallest absolute Gasteiger partial charge is 0.357 e. The van der Waals surface area contributed by atoms with Crippen molar-refractivity contribution in [2.75, 3.05) is 12.4 Å². The Kier molecular flexibility index (Phi) is 4.56. The minimum atomic E-state index is -0.384. The van der Waals surface area contributed by atoms with Gasteiger partial charge in [-0.3, -0.25) is 4.68 Å². The molecule has 0 N–H and O–H groups in total. The van der Waals surface area contributed by atoms with Crippen molar-refractivity contribution >= 4 is 28.8 Å². The van der Waals surface area contributed by atoms with Gasteiger partial charge in [-0.25, -0.2) is 9.78 Å². The van der Waals surface area contributed by atoms with E-state index in [4.69, 9.17) is 4.74 Å². The number of esters is 1. The molecule has 0 aromatic carbocycles. The molecule has 0 aliphatic heterocycles. The maximum atomic E-state index is 12.0. The molecule has 2 aromatic heterocycles. The van der Waals surface area contributed by atoms with Crippen molar-refractivity contribution in [1.82, 2.24) is 14.8 Å². The van der Waals surface area contributed by atoms with E-state index in [2.05, 4.69) is 30.9 Å². The Bertz CT molecular complexity index is 659. The number of aryl methyl sites for hydroxylation is 2. The normalized spacial score (nSPS) is 11.9. The largest absolute Gasteiger partial charge is 0.460 e. The van der Waals surface area contributed by atoms with Crippen molar-refractivity contribution in [1.29, 1.82) is 0 Å². The van der Waals surface area contributed by atoms with Crippen molar-refractivity contribution < 1.29 is 9.53 Å². The first-order chi connectivity index (χ1) is 9.78. The second kappa shape index (κ2) is 6.05. The summed E-state index contributed by atoms with van der Waals surface area (Å²) in [6.45, 7) is 8.73. The molecular weight excluding hydrogens is 286 g/mol. The lowest BCUT2D eigenvalue weighted by Crippen LogP contribution is -2.14. The third-order valence-electron chi connectivity index (χ3n) is 2.93. The first kappa shape index (κ1) is 15.8. The first-order valence-corrected chi connectivity index (χ1v) is 7.88. The maximum absolute atomic E-state index is 12.0. The zero-order valence-electron chi connectivity index (χ0n) is 13.1. The van der Waals surface area contributed by atoms with E-state index in [9.17, 15) is 4.79 Å². The maximum Gasteiger partial charge on any atom is 0.357 e. The van der Waals surface area contributed by atoms with Crippen LogP contribution in [0.1, 0.15) is 37.0 Å². The van der Waals surface area contributed by atoms with Gasteiger partial charge in [0.05, 0.1) is 5.69 Å². The summed E-state index contributed by atoms with van der Waals surface area (Å²) >= 11 is 1.77. The summed E-state index contributed by atoms with van der Waals surface area (Å²) in [4.78, 5) is 16.3. The minimum Gasteiger partial charge on any atom is -0.460 e. The Hall–Kier alpha value is -1.56. The van der Waals surface area contributed by atoms with Gasteiger partial charge in [0, 0.05) is 22.9 Å². The van der Waals surface area contributed by atoms with Crippen molar-refractivity contribution in [3.63, 3.8) is 0 Å². The van der Waals surface area contributed by atoms with Gasteiger partial charge in [0.15, 0.2) is 11.3 Å². The number of pyridine rings is 1. The molecule has 6 heteroatoms. The van der Waals surface area contributed by atoms with Crippen molar-refractivity contribution in [3.05, 3.63) is 23.5 Å². The molecule has 0 fully saturated rings. The van der Waals surface area contributed by atoms with Crippen LogP contribution in [0.2, 0.25) is 0 Å². The van der Waals surface area contributed by atoms with E-state index < -0.39 is 0 Å². The fourth-order valence-electron chi connectivity index (χ4n) is 1.97. The average Bonchev–Trinajstić information content (AvgIpc) is 2.68. The number of ether oxygens (including phenoxy) is 1. The highest BCUT2D eigenvalue weighted by Crippen LogP contribution is 2.22. The summed E-state index contributed by atoms with van der Waals surface area (Å²) in [7, 11) is 1.82. The number of nitrogens with zero attached hydrogens (tertiary/aromatic N) is 3. The molecule has 2 rings (SSSR count). The summed E-state index contributed by atoms with van der Waals surface area (Å²) in [5, 5.41) is 5.25. The third-order valence-corrected chi connectivity index (χ3v) is 4.17. The summed E-state index contributed by atoms with van der Waals surface area (Å²) in [5.74, 6) is 0.396. The van der Waals surface area contributed by atoms with Gasteiger partial charge in [0.1, 0.15) is 6.61 Å². The number of aromatic nitrogens is 3. The van der Waals surface area contributed by atoms with Gasteiger partial charge in [-0.2, -0.15) is 16.9 Å². The Morgan fingerprint density at radius 2 is 2.10 bits per heavy atom. The van der Waals surface area contributed by atoms with E-state index in [1.807, 2.05) is 20.0 Å². The van der Waals surface area contributed by atoms with Crippen LogP contribution >= 0.6 is 11.8 Å². The molecule has 0 saturated heterocycles. The van der Waals surface area contributed by atoms with E-state index >= 15 is 0 Å². The summed E-state index contributed by atoms with van der Waals surface area (Å²) in [6, 6.07) is 3.56. The zero-order chi connectivity index (χ0) is 15.6. The number of hydrogen-bond donors (Lipinski definition) is 0. The van der Waals surface area contributed by atoms with E-state index in [0.29, 0.717) is 17.9 Å². The number of rotatable bonds is 4. The molecule has 0 bridgehead atoms. The highest BCUT2D eigenvalue weighted by molar-refractivity contribution is 8.00. The second-order valence-electron chi connectivity index (χ2n) is 5.87. The van der Waals surface area contributed by atoms with E-state index in [-0.39, 0.29) is 10.7 Å². The lowest BCUT2D eigenvalue weighted by Gasteiger charge is -2.17. The molecule has 114 valence electrons. The van der Waals surface area contributed by atoms with Gasteiger partial charge in [-0.15, -0.1) is 0 Å². The summed E-state index contributed by atoms with van der Waals surface area (Å²) < 4.78 is 7.12. The predicted octanol–water partition coefficient (Wildman–Crippen LogP) is 2.97. The Morgan fingerprint density at radius 3 is 2.76 bits per heavy atom. The van der Waals surface area contributed by atoms with Crippen LogP contribution < -0.4 is 0 Å². The quantitative estimate of drug-likeness (QED) is 0.642. The molecule has 2 heterocycles. The van der Waals surface area contributed by atoms with Crippen molar-refractivity contribution in [2.24, 2.45) is 7.05 Å². The molecule has 0 unspecified atom stereocenters. The van der Waals surface area contributed by atoms with Gasteiger partial charge in [0.2, 0.25) is 0 Å². The van der Waals surface area contributed by atoms with Crippen LogP contribution in [0.3, 0.4) is 0 Å². The van der Waals surface area contributed by atoms with Crippen LogP contribution in [0.4, 0.5) is 0 Å². The Morgan fingerprint density at radius 1 is 1.38 bits per heavy atom. The van der Waals surface area contributed by atoms with Crippen LogP contribution in [0.15, 0.2) is 12.1 Å². The lowest BCUT2D eigenvalue weighted by atomic mass is 10.2. The van der Waals surface area contributed by atoms with Crippen LogP contribution in [0.25, 0.3) is 11.0 Å². The number of carbonyl (C=O) groups excluding carboxylic acids is 1. The van der Waals surface area contributed by atoms with Crippen LogP contribution in [0.5, 0.6) is 0 Å². The molecule has 0 spiro atoms. The number of hydrogen-bond acceptors (Lipinski definition) is 5. The van der Waals surface area contributed by atoms with Gasteiger partial charge >= 0.3 is 5.97 Å². The minimum absolute atomic E-state index is 0.176. The number of thioether (sulfide) groups is 1. The predicted molar refractivity (Wildman–Crippen MR) is 85.7 cm³/mol. The molecule has 0 radical (unpaired) electrons. The summed E-state index contributed by atoms with van der Waals surface area (Å²) in [5.41, 5.74) is 1.93. The highest BCUT2D eigenvalue weighted by atomic mass is 32.2. The van der Waals surface area contributed by atoms with Crippen LogP contribution in [-0.4, -0.2) is 37.8 Å². The Balaban J connectivity index is 2.01. The van der Waals surface area contributed by atoms with Gasteiger partial charge in [0.25, 0.3) is 0 Å². The van der Waals surface area contributed by atoms with Crippen molar-refractivity contribution in [3.8, 4) is 0 Å². The molecule has 0 aliphatic carbocycles. The Labute approximate surface area is 129 Å². The average molecular weight is 307 g/mol. The van der Waals surface area contributed by atoms with Gasteiger partial charge in [-0.05, 0) is 19.1 Å². The van der Waals surface area contributed by atoms with Gasteiger partial charge < -0.3 is 4.74 Å². The van der Waals surface area contributed by atoms with Crippen molar-refractivity contribution in [2.45, 2.75) is 32.4 Å². The van der Waals surface area contributed by atoms with Gasteiger partial charge in [-0.1, -0.05) is 20.8 Å². The van der Waals surface area contributed by atoms with E-state index in [0.717, 1.165) is 16.8 Å². The number of fused-ring (bicyclic) bond motifs is 1. The molecule has 0 atom stereocenters. The second-order valence-corrected chi connectivity index (χ2v) is 7.80. The molecular formula is C15H21N3O2S. The van der Waals surface area contributed by atoms with Crippen LogP contribution in [0, 0.1) is 6.92 Å². The lowest BCUT2D eigenvalue weighted by molar-refractivity contribution is 0.0523. The SMILES string of the molecule is Cc1nn(C)c2nc(C(=O)OCCSC(C)(C)C)ccc12. The molecule has 5 nitrogen and oxygen atoms in total. The fraction of sp³-hybridized carbons (Fsp3) is 0.533. The number of carbonyl (C=O) groups is 1. The van der Waals surface area contributed by atoms with Crippen LogP contribution in [-0.2, 0) is 11.8 Å². The molecule has 2 aromatic rings. The molecule has 0 amide bonds. The summed E-state index contributed by atoms with van der Waals surface area (Å²) in [6.07, 6.45) is 0. The van der Waals surface area contributed by atoms with E-state index in [1.165, 1.54) is 0 Å². The molecule has 0 aliphatic rings. The fourth-order valence-corrected chi connectivity index (χ4v) is 2.75. The molecule has 0 saturated carbocycles. The van der Waals surface area contributed by atoms with E-state index in [1.54, 1.807) is 22.5 Å².